The lowest BCUT2D eigenvalue weighted by atomic mass is 9.73. The van der Waals surface area contributed by atoms with Crippen molar-refractivity contribution < 1.29 is 9.90 Å². The summed E-state index contributed by atoms with van der Waals surface area (Å²) >= 11 is 0. The van der Waals surface area contributed by atoms with Gasteiger partial charge in [-0.05, 0) is 61.0 Å². The number of fused-ring (bicyclic) bond motifs is 5. The molecule has 21 heavy (non-hydrogen) atoms. The number of hydrogen-bond acceptors (Lipinski definition) is 3. The number of carbonyl (C=O) groups is 1. The highest BCUT2D eigenvalue weighted by Gasteiger charge is 2.57. The van der Waals surface area contributed by atoms with Crippen molar-refractivity contribution in [3.05, 3.63) is 24.0 Å². The molecule has 0 radical (unpaired) electrons. The lowest BCUT2D eigenvalue weighted by molar-refractivity contribution is 0.0847. The first kappa shape index (κ1) is 13.1. The summed E-state index contributed by atoms with van der Waals surface area (Å²) in [5, 5.41) is 12.9. The Labute approximate surface area is 125 Å². The number of aromatic nitrogens is 1. The number of rotatable bonds is 2. The van der Waals surface area contributed by atoms with Crippen LogP contribution in [-0.4, -0.2) is 22.0 Å². The van der Waals surface area contributed by atoms with Crippen LogP contribution in [-0.2, 0) is 0 Å². The van der Waals surface area contributed by atoms with Gasteiger partial charge in [-0.1, -0.05) is 13.3 Å². The van der Waals surface area contributed by atoms with Crippen LogP contribution in [0.3, 0.4) is 0 Å². The second-order valence-electron chi connectivity index (χ2n) is 7.05. The van der Waals surface area contributed by atoms with E-state index in [1.165, 1.54) is 31.7 Å². The highest BCUT2D eigenvalue weighted by Crippen LogP contribution is 2.60. The van der Waals surface area contributed by atoms with Crippen LogP contribution >= 0.6 is 0 Å². The highest BCUT2D eigenvalue weighted by molar-refractivity contribution is 5.95. The fourth-order valence-electron chi connectivity index (χ4n) is 5.45. The third-order valence-electron chi connectivity index (χ3n) is 6.27. The van der Waals surface area contributed by atoms with Gasteiger partial charge in [0.15, 0.2) is 5.69 Å². The van der Waals surface area contributed by atoms with E-state index in [1.54, 1.807) is 12.3 Å². The van der Waals surface area contributed by atoms with E-state index in [4.69, 9.17) is 0 Å². The van der Waals surface area contributed by atoms with Gasteiger partial charge in [-0.25, -0.2) is 4.98 Å². The molecular formula is C17H22N2O2. The number of aromatic hydroxyl groups is 1. The van der Waals surface area contributed by atoms with E-state index in [0.29, 0.717) is 11.8 Å². The average Bonchev–Trinajstić information content (AvgIpc) is 3.12. The first-order valence-electron chi connectivity index (χ1n) is 8.11. The predicted octanol–water partition coefficient (Wildman–Crippen LogP) is 2.59. The summed E-state index contributed by atoms with van der Waals surface area (Å²) in [4.78, 5) is 16.4. The molecule has 2 bridgehead atoms. The maximum Gasteiger partial charge on any atom is 0.273 e. The Balaban J connectivity index is 1.53. The molecule has 1 aromatic heterocycles. The zero-order valence-electron chi connectivity index (χ0n) is 12.3. The zero-order valence-corrected chi connectivity index (χ0v) is 12.3. The molecule has 3 aliphatic rings. The molecule has 3 aliphatic carbocycles. The van der Waals surface area contributed by atoms with Gasteiger partial charge in [-0.2, -0.15) is 0 Å². The molecule has 3 fully saturated rings. The minimum Gasteiger partial charge on any atom is -0.505 e. The first-order chi connectivity index (χ1) is 10.2. The smallest absolute Gasteiger partial charge is 0.273 e. The van der Waals surface area contributed by atoms with Crippen molar-refractivity contribution in [2.24, 2.45) is 29.6 Å². The van der Waals surface area contributed by atoms with Gasteiger partial charge in [0.25, 0.3) is 5.91 Å². The summed E-state index contributed by atoms with van der Waals surface area (Å²) in [6.45, 7) is 2.28. The average molecular weight is 286 g/mol. The Morgan fingerprint density at radius 1 is 1.29 bits per heavy atom. The highest BCUT2D eigenvalue weighted by atomic mass is 16.3. The van der Waals surface area contributed by atoms with E-state index in [-0.39, 0.29) is 23.4 Å². The third-order valence-corrected chi connectivity index (χ3v) is 6.27. The Morgan fingerprint density at radius 2 is 2.05 bits per heavy atom. The van der Waals surface area contributed by atoms with Gasteiger partial charge >= 0.3 is 0 Å². The molecule has 4 nitrogen and oxygen atoms in total. The van der Waals surface area contributed by atoms with Gasteiger partial charge in [0.05, 0.1) is 0 Å². The molecule has 1 aromatic rings. The van der Waals surface area contributed by atoms with E-state index in [1.807, 2.05) is 0 Å². The van der Waals surface area contributed by atoms with Crippen molar-refractivity contribution in [1.82, 2.24) is 10.3 Å². The van der Waals surface area contributed by atoms with Crippen LogP contribution in [0.15, 0.2) is 18.3 Å². The molecule has 4 rings (SSSR count). The second-order valence-corrected chi connectivity index (χ2v) is 7.05. The van der Waals surface area contributed by atoms with Gasteiger partial charge in [0.1, 0.15) is 5.75 Å². The second kappa shape index (κ2) is 4.72. The lowest BCUT2D eigenvalue weighted by Gasteiger charge is -2.36. The van der Waals surface area contributed by atoms with Crippen LogP contribution in [0.25, 0.3) is 0 Å². The fraction of sp³-hybridized carbons (Fsp3) is 0.647. The van der Waals surface area contributed by atoms with Crippen LogP contribution in [0, 0.1) is 29.6 Å². The van der Waals surface area contributed by atoms with Crippen molar-refractivity contribution in [2.45, 2.75) is 38.6 Å². The van der Waals surface area contributed by atoms with Gasteiger partial charge in [-0.3, -0.25) is 4.79 Å². The Hall–Kier alpha value is -1.58. The molecule has 0 aliphatic heterocycles. The summed E-state index contributed by atoms with van der Waals surface area (Å²) in [6.07, 6.45) is 6.90. The molecule has 0 aromatic carbocycles. The zero-order chi connectivity index (χ0) is 14.6. The molecule has 3 saturated carbocycles. The minimum absolute atomic E-state index is 0.0375. The summed E-state index contributed by atoms with van der Waals surface area (Å²) in [6, 6.07) is 3.40. The molecule has 4 heteroatoms. The van der Waals surface area contributed by atoms with E-state index >= 15 is 0 Å². The van der Waals surface area contributed by atoms with Crippen molar-refractivity contribution in [3.8, 4) is 5.75 Å². The number of nitrogens with one attached hydrogen (secondary N) is 1. The molecule has 1 heterocycles. The van der Waals surface area contributed by atoms with Crippen LogP contribution in [0.5, 0.6) is 5.75 Å². The monoisotopic (exact) mass is 286 g/mol. The molecule has 0 spiro atoms. The van der Waals surface area contributed by atoms with Crippen molar-refractivity contribution in [1.29, 1.82) is 0 Å². The van der Waals surface area contributed by atoms with Crippen LogP contribution in [0.4, 0.5) is 0 Å². The number of pyridine rings is 1. The standard InChI is InChI=1S/C17H22N2O2/c1-9-12-8-13(11-5-2-4-10(11)12)15(9)19-17(21)16-14(20)6-3-7-18-16/h3,6-7,9-13,15,20H,2,4-5,8H2,1H3,(H,19,21)/t9-,10+,11-,12?,13?,15?/m0/s1. The molecule has 6 atom stereocenters. The van der Waals surface area contributed by atoms with Crippen LogP contribution in [0.1, 0.15) is 43.1 Å². The fourth-order valence-corrected chi connectivity index (χ4v) is 5.45. The third kappa shape index (κ3) is 1.88. The number of carbonyl (C=O) groups excluding carboxylic acids is 1. The van der Waals surface area contributed by atoms with Crippen LogP contribution < -0.4 is 5.32 Å². The SMILES string of the molecule is C[C@@H]1C(NC(=O)c2ncccc2O)C2CC1[C@@H]1CCC[C@H]21. The van der Waals surface area contributed by atoms with E-state index < -0.39 is 0 Å². The maximum absolute atomic E-state index is 12.4. The maximum atomic E-state index is 12.4. The van der Waals surface area contributed by atoms with E-state index in [0.717, 1.165) is 17.8 Å². The van der Waals surface area contributed by atoms with Gasteiger partial charge in [0, 0.05) is 12.2 Å². The largest absolute Gasteiger partial charge is 0.505 e. The molecule has 112 valence electrons. The van der Waals surface area contributed by atoms with E-state index in [2.05, 4.69) is 17.2 Å². The molecule has 3 unspecified atom stereocenters. The van der Waals surface area contributed by atoms with Crippen LogP contribution in [0.2, 0.25) is 0 Å². The Morgan fingerprint density at radius 3 is 2.81 bits per heavy atom. The number of amides is 1. The van der Waals surface area contributed by atoms with E-state index in [9.17, 15) is 9.90 Å². The minimum atomic E-state index is -0.230. The molecule has 1 amide bonds. The summed E-state index contributed by atoms with van der Waals surface area (Å²) in [5.41, 5.74) is 0.149. The number of hydrogen-bond donors (Lipinski definition) is 2. The van der Waals surface area contributed by atoms with Gasteiger partial charge in [0.2, 0.25) is 0 Å². The summed E-state index contributed by atoms with van der Waals surface area (Å²) in [5.74, 6) is 3.41. The summed E-state index contributed by atoms with van der Waals surface area (Å²) < 4.78 is 0. The number of nitrogens with zero attached hydrogens (tertiary/aromatic N) is 1. The lowest BCUT2D eigenvalue weighted by Crippen LogP contribution is -2.47. The summed E-state index contributed by atoms with van der Waals surface area (Å²) in [7, 11) is 0. The first-order valence-corrected chi connectivity index (χ1v) is 8.11. The quantitative estimate of drug-likeness (QED) is 0.878. The molecule has 2 N–H and O–H groups in total. The normalized spacial score (nSPS) is 40.2. The Bertz CT molecular complexity index is 574. The topological polar surface area (TPSA) is 62.2 Å². The Kier molecular flexibility index (Phi) is 2.95. The molecular weight excluding hydrogens is 264 g/mol. The van der Waals surface area contributed by atoms with Crippen molar-refractivity contribution >= 4 is 5.91 Å². The van der Waals surface area contributed by atoms with Gasteiger partial charge in [-0.15, -0.1) is 0 Å². The molecule has 0 saturated heterocycles. The van der Waals surface area contributed by atoms with Crippen molar-refractivity contribution in [2.75, 3.05) is 0 Å². The van der Waals surface area contributed by atoms with Crippen molar-refractivity contribution in [3.63, 3.8) is 0 Å². The predicted molar refractivity (Wildman–Crippen MR) is 78.7 cm³/mol. The van der Waals surface area contributed by atoms with Gasteiger partial charge < -0.3 is 10.4 Å².